The summed E-state index contributed by atoms with van der Waals surface area (Å²) in [5.74, 6) is -2.24. The molecule has 0 radical (unpaired) electrons. The first-order valence-electron chi connectivity index (χ1n) is 12.4. The molecule has 0 unspecified atom stereocenters. The summed E-state index contributed by atoms with van der Waals surface area (Å²) < 4.78 is 5.98. The van der Waals surface area contributed by atoms with Gasteiger partial charge in [0.15, 0.2) is 6.61 Å². The molecule has 0 spiro atoms. The van der Waals surface area contributed by atoms with E-state index < -0.39 is 17.1 Å². The first-order chi connectivity index (χ1) is 19.3. The van der Waals surface area contributed by atoms with Crippen molar-refractivity contribution in [2.75, 3.05) is 16.8 Å². The van der Waals surface area contributed by atoms with Crippen molar-refractivity contribution in [1.29, 1.82) is 0 Å². The molecule has 3 atom stereocenters. The Morgan fingerprint density at radius 2 is 1.82 bits per heavy atom. The van der Waals surface area contributed by atoms with Crippen molar-refractivity contribution in [3.8, 4) is 5.75 Å². The summed E-state index contributed by atoms with van der Waals surface area (Å²) in [4.78, 5) is 57.0. The van der Waals surface area contributed by atoms with Crippen molar-refractivity contribution in [2.45, 2.75) is 23.1 Å². The van der Waals surface area contributed by atoms with Crippen molar-refractivity contribution in [1.82, 2.24) is 4.98 Å². The van der Waals surface area contributed by atoms with Crippen molar-refractivity contribution in [3.63, 3.8) is 0 Å². The highest BCUT2D eigenvalue weighted by atomic mass is 35.5. The molecule has 2 aliphatic heterocycles. The van der Waals surface area contributed by atoms with Gasteiger partial charge in [-0.3, -0.25) is 19.2 Å². The number of hydrogen-bond donors (Lipinski definition) is 2. The van der Waals surface area contributed by atoms with E-state index in [4.69, 9.17) is 16.3 Å². The van der Waals surface area contributed by atoms with Crippen LogP contribution >= 0.6 is 34.7 Å². The lowest BCUT2D eigenvalue weighted by molar-refractivity contribution is -0.122. The largest absolute Gasteiger partial charge is 0.483 e. The van der Waals surface area contributed by atoms with Crippen LogP contribution in [0.1, 0.15) is 21.9 Å². The summed E-state index contributed by atoms with van der Waals surface area (Å²) >= 11 is 8.60. The predicted octanol–water partition coefficient (Wildman–Crippen LogP) is 5.21. The van der Waals surface area contributed by atoms with Gasteiger partial charge in [0.1, 0.15) is 11.0 Å². The van der Waals surface area contributed by atoms with Crippen LogP contribution in [-0.4, -0.2) is 34.6 Å². The summed E-state index contributed by atoms with van der Waals surface area (Å²) in [5, 5.41) is 2.99. The second kappa shape index (κ2) is 10.6. The van der Waals surface area contributed by atoms with Gasteiger partial charge < -0.3 is 15.0 Å². The number of aryl methyl sites for hydroxylation is 1. The number of carbonyl (C=O) groups is 3. The number of benzene rings is 3. The molecule has 3 amide bonds. The number of nitrogens with zero attached hydrogens (tertiary/aromatic N) is 1. The quantitative estimate of drug-likeness (QED) is 0.298. The summed E-state index contributed by atoms with van der Waals surface area (Å²) in [6.07, 6.45) is 0. The lowest BCUT2D eigenvalue weighted by Gasteiger charge is -2.31. The number of H-pyrrole nitrogens is 1. The van der Waals surface area contributed by atoms with Crippen molar-refractivity contribution in [2.24, 2.45) is 5.92 Å². The second-order valence-corrected chi connectivity index (χ2v) is 12.1. The van der Waals surface area contributed by atoms with E-state index in [2.05, 4.69) is 10.3 Å². The summed E-state index contributed by atoms with van der Waals surface area (Å²) in [6, 6.07) is 21.1. The van der Waals surface area contributed by atoms with Crippen LogP contribution in [0.15, 0.2) is 82.6 Å². The number of amides is 3. The maximum atomic E-state index is 13.9. The van der Waals surface area contributed by atoms with E-state index in [1.165, 1.54) is 16.7 Å². The number of thioether (sulfide) groups is 1. The summed E-state index contributed by atoms with van der Waals surface area (Å²) in [7, 11) is 0. The zero-order valence-electron chi connectivity index (χ0n) is 21.1. The van der Waals surface area contributed by atoms with Gasteiger partial charge >= 0.3 is 4.87 Å². The summed E-state index contributed by atoms with van der Waals surface area (Å²) in [5.41, 5.74) is 2.66. The van der Waals surface area contributed by atoms with E-state index in [0.717, 1.165) is 16.9 Å². The van der Waals surface area contributed by atoms with Gasteiger partial charge in [-0.05, 0) is 55.0 Å². The first-order valence-corrected chi connectivity index (χ1v) is 14.5. The Bertz CT molecular complexity index is 1700. The SMILES string of the molecule is Cc1cccc(NC(=O)COc2ccc(Cl)cc2[C@@H]2c3sc(=O)[nH]c3S[C@H]3C(=O)N(c4ccccc4)C(=O)[C@@H]23)c1. The molecule has 1 saturated heterocycles. The molecule has 11 heteroatoms. The fourth-order valence-corrected chi connectivity index (χ4v) is 7.83. The van der Waals surface area contributed by atoms with E-state index in [9.17, 15) is 19.2 Å². The number of anilines is 2. The number of para-hydroxylation sites is 1. The number of hydrogen-bond acceptors (Lipinski definition) is 7. The van der Waals surface area contributed by atoms with Crippen LogP contribution in [0, 0.1) is 12.8 Å². The number of rotatable bonds is 6. The normalized spacial score (nSPS) is 19.8. The maximum Gasteiger partial charge on any atom is 0.305 e. The van der Waals surface area contributed by atoms with Crippen LogP contribution in [-0.2, 0) is 14.4 Å². The average molecular weight is 592 g/mol. The molecule has 8 nitrogen and oxygen atoms in total. The number of carbonyl (C=O) groups excluding carboxylic acids is 3. The van der Waals surface area contributed by atoms with Gasteiger partial charge in [-0.25, -0.2) is 4.90 Å². The molecule has 4 aromatic rings. The number of aromatic nitrogens is 1. The van der Waals surface area contributed by atoms with E-state index in [1.54, 1.807) is 48.5 Å². The molecule has 202 valence electrons. The average Bonchev–Trinajstić information content (AvgIpc) is 3.42. The van der Waals surface area contributed by atoms with Gasteiger partial charge in [0.25, 0.3) is 5.91 Å². The van der Waals surface area contributed by atoms with Crippen molar-refractivity contribution >= 4 is 63.8 Å². The topological polar surface area (TPSA) is 109 Å². The molecule has 0 aliphatic carbocycles. The third-order valence-corrected chi connectivity index (χ3v) is 9.44. The van der Waals surface area contributed by atoms with Crippen molar-refractivity contribution in [3.05, 3.63) is 103 Å². The Balaban J connectivity index is 1.36. The van der Waals surface area contributed by atoms with Crippen LogP contribution < -0.4 is 19.8 Å². The number of halogens is 1. The van der Waals surface area contributed by atoms with E-state index in [-0.39, 0.29) is 29.2 Å². The molecule has 2 N–H and O–H groups in total. The van der Waals surface area contributed by atoms with Crippen molar-refractivity contribution < 1.29 is 19.1 Å². The molecule has 1 fully saturated rings. The third-order valence-electron chi connectivity index (χ3n) is 6.81. The Morgan fingerprint density at radius 3 is 2.60 bits per heavy atom. The molecule has 2 aliphatic rings. The predicted molar refractivity (Wildman–Crippen MR) is 156 cm³/mol. The number of thiazole rings is 1. The van der Waals surface area contributed by atoms with E-state index in [1.807, 2.05) is 31.2 Å². The molecule has 1 aromatic heterocycles. The fraction of sp³-hybridized carbons (Fsp3) is 0.172. The van der Waals surface area contributed by atoms with Crippen LogP contribution in [0.2, 0.25) is 5.02 Å². The van der Waals surface area contributed by atoms with Gasteiger partial charge in [0.05, 0.1) is 16.6 Å². The van der Waals surface area contributed by atoms with E-state index in [0.29, 0.717) is 37.6 Å². The molecular weight excluding hydrogens is 570 g/mol. The Hall–Kier alpha value is -3.86. The van der Waals surface area contributed by atoms with Crippen LogP contribution in [0.25, 0.3) is 0 Å². The molecular formula is C29H22ClN3O5S2. The number of ether oxygens (including phenoxy) is 1. The maximum absolute atomic E-state index is 13.9. The van der Waals surface area contributed by atoms with Gasteiger partial charge in [-0.2, -0.15) is 0 Å². The molecule has 3 aromatic carbocycles. The summed E-state index contributed by atoms with van der Waals surface area (Å²) in [6.45, 7) is 1.64. The second-order valence-electron chi connectivity index (χ2n) is 9.49. The smallest absolute Gasteiger partial charge is 0.305 e. The van der Waals surface area contributed by atoms with Gasteiger partial charge in [0.2, 0.25) is 11.8 Å². The number of aromatic amines is 1. The molecule has 6 rings (SSSR count). The van der Waals surface area contributed by atoms with Crippen LogP contribution in [0.4, 0.5) is 11.4 Å². The van der Waals surface area contributed by atoms with Gasteiger partial charge in [0, 0.05) is 27.1 Å². The zero-order valence-corrected chi connectivity index (χ0v) is 23.4. The van der Waals surface area contributed by atoms with Crippen LogP contribution in [0.5, 0.6) is 5.75 Å². The molecule has 0 saturated carbocycles. The Morgan fingerprint density at radius 1 is 1.02 bits per heavy atom. The Kier molecular flexibility index (Phi) is 6.99. The minimum Gasteiger partial charge on any atom is -0.483 e. The lowest BCUT2D eigenvalue weighted by atomic mass is 9.82. The highest BCUT2D eigenvalue weighted by Crippen LogP contribution is 2.54. The first kappa shape index (κ1) is 26.4. The standard InChI is InChI=1S/C29H22ClN3O5S2/c1-15-6-5-7-17(12-15)31-21(34)14-38-20-11-10-16(30)13-19(20)22-23-25(39-26-24(22)40-29(37)32-26)28(36)33(27(23)35)18-8-3-2-4-9-18/h2-13,22-23,25H,14H2,1H3,(H,31,34)(H,32,37)/t22-,23-,25+/m0/s1. The van der Waals surface area contributed by atoms with Gasteiger partial charge in [-0.1, -0.05) is 65.0 Å². The lowest BCUT2D eigenvalue weighted by Crippen LogP contribution is -2.32. The minimum atomic E-state index is -0.807. The minimum absolute atomic E-state index is 0.288. The Labute approximate surface area is 242 Å². The molecule has 0 bridgehead atoms. The number of imide groups is 1. The van der Waals surface area contributed by atoms with Gasteiger partial charge in [-0.15, -0.1) is 0 Å². The highest BCUT2D eigenvalue weighted by molar-refractivity contribution is 8.00. The molecule has 3 heterocycles. The zero-order chi connectivity index (χ0) is 28.0. The fourth-order valence-electron chi connectivity index (χ4n) is 5.14. The number of nitrogens with one attached hydrogen (secondary N) is 2. The number of fused-ring (bicyclic) bond motifs is 2. The third kappa shape index (κ3) is 4.83. The van der Waals surface area contributed by atoms with E-state index >= 15 is 0 Å². The van der Waals surface area contributed by atoms with Crippen LogP contribution in [0.3, 0.4) is 0 Å². The molecule has 40 heavy (non-hydrogen) atoms. The monoisotopic (exact) mass is 591 g/mol. The highest BCUT2D eigenvalue weighted by Gasteiger charge is 2.56.